The summed E-state index contributed by atoms with van der Waals surface area (Å²) >= 11 is 0. The molecular formula is C14H25F3N4. The maximum atomic E-state index is 12.8. The standard InChI is InChI=1S/C14H25F3N4/c1-9(2)18-7-12-11(5)19-20(6)13(12)21(10(3)4)8-14(15,16)17/h9-10,18H,7-8H2,1-6H3. The van der Waals surface area contributed by atoms with Gasteiger partial charge >= 0.3 is 6.18 Å². The lowest BCUT2D eigenvalue weighted by molar-refractivity contribution is -0.120. The van der Waals surface area contributed by atoms with Gasteiger partial charge in [0.2, 0.25) is 0 Å². The van der Waals surface area contributed by atoms with Crippen LogP contribution < -0.4 is 10.2 Å². The molecule has 0 bridgehead atoms. The minimum atomic E-state index is -4.24. The molecule has 0 aliphatic heterocycles. The largest absolute Gasteiger partial charge is 0.405 e. The lowest BCUT2D eigenvalue weighted by Crippen LogP contribution is -2.41. The van der Waals surface area contributed by atoms with Crippen LogP contribution in [0.3, 0.4) is 0 Å². The van der Waals surface area contributed by atoms with Crippen LogP contribution >= 0.6 is 0 Å². The van der Waals surface area contributed by atoms with Crippen molar-refractivity contribution in [3.05, 3.63) is 11.3 Å². The minimum Gasteiger partial charge on any atom is -0.345 e. The zero-order valence-electron chi connectivity index (χ0n) is 13.5. The molecule has 0 unspecified atom stereocenters. The van der Waals surface area contributed by atoms with Crippen LogP contribution in [0.15, 0.2) is 0 Å². The van der Waals surface area contributed by atoms with Gasteiger partial charge in [-0.1, -0.05) is 13.8 Å². The number of halogens is 3. The number of aromatic nitrogens is 2. The van der Waals surface area contributed by atoms with E-state index in [1.165, 1.54) is 4.90 Å². The highest BCUT2D eigenvalue weighted by Crippen LogP contribution is 2.28. The molecule has 0 atom stereocenters. The molecule has 0 fully saturated rings. The smallest absolute Gasteiger partial charge is 0.345 e. The molecule has 1 rings (SSSR count). The summed E-state index contributed by atoms with van der Waals surface area (Å²) in [5.41, 5.74) is 1.58. The van der Waals surface area contributed by atoms with E-state index in [2.05, 4.69) is 10.4 Å². The maximum Gasteiger partial charge on any atom is 0.405 e. The van der Waals surface area contributed by atoms with Gasteiger partial charge in [0.15, 0.2) is 0 Å². The van der Waals surface area contributed by atoms with Crippen LogP contribution in [0.5, 0.6) is 0 Å². The predicted molar refractivity (Wildman–Crippen MR) is 78.5 cm³/mol. The second-order valence-corrected chi connectivity index (χ2v) is 5.88. The monoisotopic (exact) mass is 306 g/mol. The molecule has 0 spiro atoms. The molecule has 0 radical (unpaired) electrons. The molecule has 1 aromatic rings. The molecule has 0 amide bonds. The van der Waals surface area contributed by atoms with Crippen molar-refractivity contribution in [2.24, 2.45) is 7.05 Å². The fourth-order valence-corrected chi connectivity index (χ4v) is 2.26. The van der Waals surface area contributed by atoms with E-state index in [9.17, 15) is 13.2 Å². The van der Waals surface area contributed by atoms with Crippen LogP contribution in [0.25, 0.3) is 0 Å². The Hall–Kier alpha value is -1.24. The van der Waals surface area contributed by atoms with Crippen molar-refractivity contribution in [3.63, 3.8) is 0 Å². The highest BCUT2D eigenvalue weighted by atomic mass is 19.4. The van der Waals surface area contributed by atoms with Gasteiger partial charge in [-0.3, -0.25) is 4.68 Å². The molecule has 0 saturated heterocycles. The zero-order chi connectivity index (χ0) is 16.4. The molecule has 1 heterocycles. The van der Waals surface area contributed by atoms with Gasteiger partial charge in [-0.2, -0.15) is 18.3 Å². The Morgan fingerprint density at radius 2 is 1.81 bits per heavy atom. The van der Waals surface area contributed by atoms with E-state index in [0.717, 1.165) is 11.3 Å². The van der Waals surface area contributed by atoms with E-state index >= 15 is 0 Å². The van der Waals surface area contributed by atoms with Gasteiger partial charge in [-0.05, 0) is 20.8 Å². The van der Waals surface area contributed by atoms with Gasteiger partial charge in [-0.15, -0.1) is 0 Å². The number of hydrogen-bond acceptors (Lipinski definition) is 3. The number of nitrogens with zero attached hydrogens (tertiary/aromatic N) is 3. The summed E-state index contributed by atoms with van der Waals surface area (Å²) in [4.78, 5) is 1.36. The first-order chi connectivity index (χ1) is 9.53. The molecule has 0 aromatic carbocycles. The van der Waals surface area contributed by atoms with Crippen LogP contribution in [0.1, 0.15) is 39.0 Å². The number of hydrogen-bond donors (Lipinski definition) is 1. The third kappa shape index (κ3) is 4.91. The van der Waals surface area contributed by atoms with E-state index in [0.29, 0.717) is 12.4 Å². The third-order valence-electron chi connectivity index (χ3n) is 3.25. The van der Waals surface area contributed by atoms with Gasteiger partial charge in [0.05, 0.1) is 5.69 Å². The second-order valence-electron chi connectivity index (χ2n) is 5.88. The molecule has 0 aliphatic carbocycles. The van der Waals surface area contributed by atoms with Gasteiger partial charge in [0.1, 0.15) is 12.4 Å². The summed E-state index contributed by atoms with van der Waals surface area (Å²) in [6, 6.07) is -0.00760. The normalized spacial score (nSPS) is 12.5. The molecule has 1 aromatic heterocycles. The van der Waals surface area contributed by atoms with Crippen LogP contribution in [0, 0.1) is 6.92 Å². The Morgan fingerprint density at radius 1 is 1.24 bits per heavy atom. The topological polar surface area (TPSA) is 33.1 Å². The van der Waals surface area contributed by atoms with Crippen molar-refractivity contribution in [3.8, 4) is 0 Å². The van der Waals surface area contributed by atoms with Crippen molar-refractivity contribution in [1.29, 1.82) is 0 Å². The highest BCUT2D eigenvalue weighted by molar-refractivity contribution is 5.51. The van der Waals surface area contributed by atoms with Crippen molar-refractivity contribution in [2.45, 2.75) is 59.4 Å². The Morgan fingerprint density at radius 3 is 2.24 bits per heavy atom. The summed E-state index contributed by atoms with van der Waals surface area (Å²) in [6.45, 7) is 8.88. The van der Waals surface area contributed by atoms with Gasteiger partial charge < -0.3 is 10.2 Å². The SMILES string of the molecule is Cc1nn(C)c(N(CC(F)(F)F)C(C)C)c1CNC(C)C. The van der Waals surface area contributed by atoms with Gasteiger partial charge in [-0.25, -0.2) is 0 Å². The third-order valence-corrected chi connectivity index (χ3v) is 3.25. The molecular weight excluding hydrogens is 281 g/mol. The summed E-state index contributed by atoms with van der Waals surface area (Å²) in [5, 5.41) is 7.54. The molecule has 4 nitrogen and oxygen atoms in total. The molecule has 21 heavy (non-hydrogen) atoms. The summed E-state index contributed by atoms with van der Waals surface area (Å²) < 4.78 is 40.1. The number of nitrogens with one attached hydrogen (secondary N) is 1. The van der Waals surface area contributed by atoms with E-state index in [4.69, 9.17) is 0 Å². The van der Waals surface area contributed by atoms with Crippen molar-refractivity contribution in [2.75, 3.05) is 11.4 Å². The Labute approximate surface area is 124 Å². The predicted octanol–water partition coefficient (Wildman–Crippen LogP) is 3.00. The van der Waals surface area contributed by atoms with Crippen LogP contribution in [-0.2, 0) is 13.6 Å². The molecule has 122 valence electrons. The van der Waals surface area contributed by atoms with Gasteiger partial charge in [0, 0.05) is 31.2 Å². The number of rotatable bonds is 6. The first-order valence-electron chi connectivity index (χ1n) is 7.12. The van der Waals surface area contributed by atoms with E-state index in [-0.39, 0.29) is 12.1 Å². The Kier molecular flexibility index (Phi) is 5.67. The van der Waals surface area contributed by atoms with E-state index in [1.807, 2.05) is 20.8 Å². The van der Waals surface area contributed by atoms with Crippen molar-refractivity contribution >= 4 is 5.82 Å². The minimum absolute atomic E-state index is 0.257. The van der Waals surface area contributed by atoms with Gasteiger partial charge in [0.25, 0.3) is 0 Å². The first-order valence-corrected chi connectivity index (χ1v) is 7.12. The summed E-state index contributed by atoms with van der Waals surface area (Å²) in [6.07, 6.45) is -4.24. The Bertz CT molecular complexity index is 464. The number of alkyl halides is 3. The molecule has 1 N–H and O–H groups in total. The van der Waals surface area contributed by atoms with Crippen molar-refractivity contribution in [1.82, 2.24) is 15.1 Å². The second kappa shape index (κ2) is 6.68. The quantitative estimate of drug-likeness (QED) is 0.877. The maximum absolute atomic E-state index is 12.8. The number of aryl methyl sites for hydroxylation is 2. The van der Waals surface area contributed by atoms with Crippen LogP contribution in [0.4, 0.5) is 19.0 Å². The van der Waals surface area contributed by atoms with Crippen LogP contribution in [0.2, 0.25) is 0 Å². The lowest BCUT2D eigenvalue weighted by Gasteiger charge is -2.30. The highest BCUT2D eigenvalue weighted by Gasteiger charge is 2.34. The molecule has 0 saturated carbocycles. The summed E-state index contributed by atoms with van der Waals surface area (Å²) in [7, 11) is 1.69. The van der Waals surface area contributed by atoms with Crippen LogP contribution in [-0.4, -0.2) is 34.6 Å². The average molecular weight is 306 g/mol. The van der Waals surface area contributed by atoms with Crippen molar-refractivity contribution < 1.29 is 13.2 Å². The Balaban J connectivity index is 3.17. The fourth-order valence-electron chi connectivity index (χ4n) is 2.26. The fraction of sp³-hybridized carbons (Fsp3) is 0.786. The first kappa shape index (κ1) is 17.8. The number of anilines is 1. The van der Waals surface area contributed by atoms with E-state index in [1.54, 1.807) is 25.6 Å². The molecule has 7 heteroatoms. The average Bonchev–Trinajstić information content (AvgIpc) is 2.56. The summed E-state index contributed by atoms with van der Waals surface area (Å²) in [5.74, 6) is 0.535. The molecule has 0 aliphatic rings. The zero-order valence-corrected chi connectivity index (χ0v) is 13.5. The lowest BCUT2D eigenvalue weighted by atomic mass is 10.2. The van der Waals surface area contributed by atoms with E-state index < -0.39 is 12.7 Å².